The molecule has 2 aromatic heterocycles. The van der Waals surface area contributed by atoms with Crippen molar-refractivity contribution in [1.29, 1.82) is 0 Å². The van der Waals surface area contributed by atoms with Crippen LogP contribution in [0.2, 0.25) is 0 Å². The van der Waals surface area contributed by atoms with Gasteiger partial charge in [0.15, 0.2) is 6.39 Å². The van der Waals surface area contributed by atoms with E-state index in [0.717, 1.165) is 31.2 Å². The summed E-state index contributed by atoms with van der Waals surface area (Å²) in [7, 11) is -1.42. The van der Waals surface area contributed by atoms with Crippen molar-refractivity contribution in [2.75, 3.05) is 26.0 Å². The zero-order valence-electron chi connectivity index (χ0n) is 20.7. The van der Waals surface area contributed by atoms with E-state index in [2.05, 4.69) is 33.0 Å². The highest BCUT2D eigenvalue weighted by Gasteiger charge is 2.35. The van der Waals surface area contributed by atoms with E-state index in [1.165, 1.54) is 29.8 Å². The van der Waals surface area contributed by atoms with Gasteiger partial charge in [-0.2, -0.15) is 5.10 Å². The smallest absolute Gasteiger partial charge is 0.291 e. The zero-order valence-corrected chi connectivity index (χ0v) is 21.5. The van der Waals surface area contributed by atoms with Gasteiger partial charge in [-0.3, -0.25) is 9.48 Å². The molecule has 1 N–H and O–H groups in total. The Morgan fingerprint density at radius 3 is 2.72 bits per heavy atom. The largest absolute Gasteiger partial charge is 0.438 e. The van der Waals surface area contributed by atoms with Crippen LogP contribution >= 0.6 is 0 Å². The van der Waals surface area contributed by atoms with Crippen LogP contribution in [0, 0.1) is 5.92 Å². The first-order chi connectivity index (χ1) is 17.3. The number of amides is 1. The third-order valence-electron chi connectivity index (χ3n) is 7.49. The second kappa shape index (κ2) is 10.3. The van der Waals surface area contributed by atoms with Gasteiger partial charge < -0.3 is 14.1 Å². The Bertz CT molecular complexity index is 1300. The van der Waals surface area contributed by atoms with E-state index >= 15 is 0 Å². The van der Waals surface area contributed by atoms with Gasteiger partial charge in [-0.1, -0.05) is 6.07 Å². The van der Waals surface area contributed by atoms with Gasteiger partial charge in [-0.05, 0) is 55.7 Å². The third-order valence-corrected chi connectivity index (χ3v) is 8.22. The number of sulfonamides is 1. The van der Waals surface area contributed by atoms with E-state index < -0.39 is 10.0 Å². The number of nitrogens with zero attached hydrogens (tertiary/aromatic N) is 4. The maximum Gasteiger partial charge on any atom is 0.291 e. The van der Waals surface area contributed by atoms with Gasteiger partial charge in [-0.15, -0.1) is 0 Å². The molecule has 2 aliphatic rings. The summed E-state index contributed by atoms with van der Waals surface area (Å²) in [5.41, 5.74) is 2.48. The minimum atomic E-state index is -3.38. The predicted octanol–water partition coefficient (Wildman–Crippen LogP) is 2.68. The van der Waals surface area contributed by atoms with E-state index in [1.807, 2.05) is 17.9 Å². The van der Waals surface area contributed by atoms with Crippen molar-refractivity contribution >= 4 is 26.8 Å². The minimum absolute atomic E-state index is 0.127. The van der Waals surface area contributed by atoms with Crippen molar-refractivity contribution in [3.63, 3.8) is 0 Å². The number of benzene rings is 1. The van der Waals surface area contributed by atoms with Crippen LogP contribution in [0.3, 0.4) is 0 Å². The van der Waals surface area contributed by atoms with Crippen molar-refractivity contribution in [2.24, 2.45) is 13.0 Å². The molecule has 3 aromatic rings. The molecular weight excluding hydrogens is 482 g/mol. The number of fused-ring (bicyclic) bond motifs is 1. The van der Waals surface area contributed by atoms with E-state index in [1.54, 1.807) is 4.90 Å². The molecular formula is C25H33N5O5S. The Kier molecular flexibility index (Phi) is 7.14. The number of hydrogen-bond acceptors (Lipinski definition) is 7. The lowest BCUT2D eigenvalue weighted by molar-refractivity contribution is -0.0153. The molecule has 5 rings (SSSR count). The normalized spacial score (nSPS) is 25.3. The van der Waals surface area contributed by atoms with Gasteiger partial charge in [0.2, 0.25) is 15.8 Å². The standard InChI is InChI=1S/C25H33N5O5S/c1-29-23-8-5-18(11-19(23)12-27-29)17-3-6-21(7-4-17)34-15-20-14-30(25(31)24-13-26-16-35-24)10-9-22(20)28-36(2,32)33/h5,8,11-13,16-17,20-22,28H,3-4,6-7,9-10,14-15H2,1-2H3. The van der Waals surface area contributed by atoms with Crippen LogP contribution < -0.4 is 4.72 Å². The van der Waals surface area contributed by atoms with Gasteiger partial charge in [0, 0.05) is 37.5 Å². The van der Waals surface area contributed by atoms with Crippen molar-refractivity contribution in [1.82, 2.24) is 24.4 Å². The monoisotopic (exact) mass is 515 g/mol. The molecule has 194 valence electrons. The number of oxazole rings is 1. The fourth-order valence-corrected chi connectivity index (χ4v) is 6.41. The number of carbonyl (C=O) groups excluding carboxylic acids is 1. The molecule has 11 heteroatoms. The zero-order chi connectivity index (χ0) is 25.3. The first kappa shape index (κ1) is 24.9. The summed E-state index contributed by atoms with van der Waals surface area (Å²) >= 11 is 0. The van der Waals surface area contributed by atoms with Gasteiger partial charge in [0.1, 0.15) is 0 Å². The summed E-state index contributed by atoms with van der Waals surface area (Å²) in [4.78, 5) is 18.3. The number of likely N-dealkylation sites (tertiary alicyclic amines) is 1. The molecule has 0 spiro atoms. The van der Waals surface area contributed by atoms with Gasteiger partial charge in [0.05, 0.1) is 36.9 Å². The van der Waals surface area contributed by atoms with E-state index in [4.69, 9.17) is 9.15 Å². The fraction of sp³-hybridized carbons (Fsp3) is 0.560. The quantitative estimate of drug-likeness (QED) is 0.514. The Hall–Kier alpha value is -2.76. The highest BCUT2D eigenvalue weighted by molar-refractivity contribution is 7.88. The molecule has 2 fully saturated rings. The predicted molar refractivity (Wildman–Crippen MR) is 134 cm³/mol. The van der Waals surface area contributed by atoms with Crippen LogP contribution in [0.4, 0.5) is 0 Å². The topological polar surface area (TPSA) is 120 Å². The first-order valence-corrected chi connectivity index (χ1v) is 14.3. The number of nitrogens with one attached hydrogen (secondary N) is 1. The maximum absolute atomic E-state index is 12.8. The number of aryl methyl sites for hydroxylation is 1. The van der Waals surface area contributed by atoms with Crippen LogP contribution in [-0.2, 0) is 21.8 Å². The number of hydrogen-bond donors (Lipinski definition) is 1. The Balaban J connectivity index is 1.18. The lowest BCUT2D eigenvalue weighted by Crippen LogP contribution is -2.53. The van der Waals surface area contributed by atoms with E-state index in [0.29, 0.717) is 32.0 Å². The summed E-state index contributed by atoms with van der Waals surface area (Å²) in [5.74, 6) is 0.304. The lowest BCUT2D eigenvalue weighted by Gasteiger charge is -2.39. The van der Waals surface area contributed by atoms with Crippen molar-refractivity contribution < 1.29 is 22.4 Å². The van der Waals surface area contributed by atoms with Crippen LogP contribution in [0.25, 0.3) is 10.9 Å². The van der Waals surface area contributed by atoms with Crippen LogP contribution in [0.1, 0.15) is 54.1 Å². The molecule has 1 aliphatic heterocycles. The average molecular weight is 516 g/mol. The first-order valence-electron chi connectivity index (χ1n) is 12.4. The van der Waals surface area contributed by atoms with E-state index in [9.17, 15) is 13.2 Å². The summed E-state index contributed by atoms with van der Waals surface area (Å²) in [5, 5.41) is 5.51. The second-order valence-corrected chi connectivity index (χ2v) is 11.8. The highest BCUT2D eigenvalue weighted by atomic mass is 32.2. The number of piperidine rings is 1. The molecule has 2 atom stereocenters. The fourth-order valence-electron chi connectivity index (χ4n) is 5.55. The van der Waals surface area contributed by atoms with Crippen molar-refractivity contribution in [3.8, 4) is 0 Å². The molecule has 1 amide bonds. The van der Waals surface area contributed by atoms with Crippen LogP contribution in [0.15, 0.2) is 41.4 Å². The third kappa shape index (κ3) is 5.63. The summed E-state index contributed by atoms with van der Waals surface area (Å²) in [6.45, 7) is 1.23. The number of aromatic nitrogens is 3. The number of rotatable bonds is 7. The molecule has 10 nitrogen and oxygen atoms in total. The maximum atomic E-state index is 12.8. The van der Waals surface area contributed by atoms with E-state index in [-0.39, 0.29) is 29.7 Å². The molecule has 2 unspecified atom stereocenters. The lowest BCUT2D eigenvalue weighted by atomic mass is 9.82. The molecule has 0 bridgehead atoms. The van der Waals surface area contributed by atoms with Crippen LogP contribution in [0.5, 0.6) is 0 Å². The summed E-state index contributed by atoms with van der Waals surface area (Å²) < 4.78 is 40.0. The molecule has 1 aliphatic carbocycles. The minimum Gasteiger partial charge on any atom is -0.438 e. The Labute approximate surface area is 211 Å². The van der Waals surface area contributed by atoms with Crippen LogP contribution in [-0.4, -0.2) is 72.1 Å². The second-order valence-electron chi connectivity index (χ2n) is 10.1. The number of ether oxygens (including phenoxy) is 1. The Morgan fingerprint density at radius 1 is 1.19 bits per heavy atom. The van der Waals surface area contributed by atoms with Crippen molar-refractivity contribution in [2.45, 2.75) is 50.2 Å². The SMILES string of the molecule is Cn1ncc2cc(C3CCC(OCC4CN(C(=O)c5cnco5)CCC4NS(C)(=O)=O)CC3)ccc21. The van der Waals surface area contributed by atoms with Gasteiger partial charge >= 0.3 is 0 Å². The molecule has 36 heavy (non-hydrogen) atoms. The van der Waals surface area contributed by atoms with Gasteiger partial charge in [-0.25, -0.2) is 18.1 Å². The van der Waals surface area contributed by atoms with Crippen molar-refractivity contribution in [3.05, 3.63) is 48.3 Å². The Morgan fingerprint density at radius 2 is 2.00 bits per heavy atom. The summed E-state index contributed by atoms with van der Waals surface area (Å²) in [6, 6.07) is 6.32. The molecule has 1 saturated heterocycles. The molecule has 1 saturated carbocycles. The molecule has 1 aromatic carbocycles. The molecule has 3 heterocycles. The average Bonchev–Trinajstić information content (AvgIpc) is 3.53. The molecule has 0 radical (unpaired) electrons. The van der Waals surface area contributed by atoms with Gasteiger partial charge in [0.25, 0.3) is 5.91 Å². The summed E-state index contributed by atoms with van der Waals surface area (Å²) in [6.07, 6.45) is 10.4. The highest BCUT2D eigenvalue weighted by Crippen LogP contribution is 2.35. The number of carbonyl (C=O) groups is 1.